The third kappa shape index (κ3) is 5.88. The van der Waals surface area contributed by atoms with Gasteiger partial charge in [-0.3, -0.25) is 0 Å². The fraction of sp³-hybridized carbons (Fsp3) is 0.407. The molecule has 0 radical (unpaired) electrons. The summed E-state index contributed by atoms with van der Waals surface area (Å²) in [4.78, 5) is 11.8. The van der Waals surface area contributed by atoms with Crippen LogP contribution in [0.15, 0.2) is 48.7 Å². The van der Waals surface area contributed by atoms with Crippen LogP contribution in [0.25, 0.3) is 11.3 Å². The summed E-state index contributed by atoms with van der Waals surface area (Å²) < 4.78 is 26.9. The van der Waals surface area contributed by atoms with E-state index in [9.17, 15) is 8.78 Å². The summed E-state index contributed by atoms with van der Waals surface area (Å²) in [5, 5.41) is 6.73. The Morgan fingerprint density at radius 1 is 0.943 bits per heavy atom. The van der Waals surface area contributed by atoms with Gasteiger partial charge in [-0.1, -0.05) is 6.07 Å². The number of pyridine rings is 2. The molecule has 3 heterocycles. The maximum atomic E-state index is 13.5. The quantitative estimate of drug-likeness (QED) is 0.420. The summed E-state index contributed by atoms with van der Waals surface area (Å²) >= 11 is 0. The molecular weight excluding hydrogens is 446 g/mol. The minimum atomic E-state index is -0.599. The molecule has 0 atom stereocenters. The maximum absolute atomic E-state index is 13.5. The van der Waals surface area contributed by atoms with Gasteiger partial charge in [-0.2, -0.15) is 0 Å². The zero-order valence-corrected chi connectivity index (χ0v) is 19.8. The van der Waals surface area contributed by atoms with Gasteiger partial charge in [-0.05, 0) is 87.5 Å². The maximum Gasteiger partial charge on any atom is 0.126 e. The van der Waals surface area contributed by atoms with Gasteiger partial charge in [-0.25, -0.2) is 18.7 Å². The first kappa shape index (κ1) is 23.5. The summed E-state index contributed by atoms with van der Waals surface area (Å²) in [6, 6.07) is 12.1. The van der Waals surface area contributed by atoms with Crippen LogP contribution in [0.1, 0.15) is 44.1 Å². The van der Waals surface area contributed by atoms with Gasteiger partial charge in [0, 0.05) is 30.3 Å². The van der Waals surface area contributed by atoms with Crippen LogP contribution >= 0.6 is 0 Å². The highest BCUT2D eigenvalue weighted by molar-refractivity contribution is 5.76. The molecule has 2 aromatic heterocycles. The van der Waals surface area contributed by atoms with Gasteiger partial charge in [-0.15, -0.1) is 0 Å². The van der Waals surface area contributed by atoms with E-state index in [0.717, 1.165) is 36.3 Å². The van der Waals surface area contributed by atoms with Gasteiger partial charge < -0.3 is 21.3 Å². The number of aromatic nitrogens is 2. The predicted octanol–water partition coefficient (Wildman–Crippen LogP) is 5.44. The second-order valence-corrected chi connectivity index (χ2v) is 9.59. The van der Waals surface area contributed by atoms with Crippen LogP contribution in [-0.4, -0.2) is 40.0 Å². The molecule has 0 bridgehead atoms. The number of hydrogen-bond acceptors (Lipinski definition) is 6. The van der Waals surface area contributed by atoms with Crippen molar-refractivity contribution >= 4 is 17.3 Å². The van der Waals surface area contributed by atoms with E-state index in [1.807, 2.05) is 24.3 Å². The molecule has 4 N–H and O–H groups in total. The van der Waals surface area contributed by atoms with Crippen molar-refractivity contribution < 1.29 is 8.78 Å². The Kier molecular flexibility index (Phi) is 7.08. The second-order valence-electron chi connectivity index (χ2n) is 9.59. The molecule has 3 aromatic rings. The molecule has 1 aliphatic carbocycles. The number of nitrogens with two attached hydrogens (primary N) is 1. The first-order valence-corrected chi connectivity index (χ1v) is 12.5. The molecule has 2 aliphatic rings. The molecule has 1 aliphatic heterocycles. The zero-order valence-electron chi connectivity index (χ0n) is 19.8. The van der Waals surface area contributed by atoms with Gasteiger partial charge in [0.2, 0.25) is 0 Å². The standard InChI is InChI=1S/C27H32F2N6/c28-19-12-18(13-20(29)14-19)16-31-26-5-3-4-25(34-26)23-15-27(32-17-24(23)30)33-21-6-8-22(9-7-21)35-10-1-2-11-35/h3-5,12-15,17,21-22H,1-2,6-11,16,30H2,(H,31,34)(H,32,33). The van der Waals surface area contributed by atoms with Crippen molar-refractivity contribution in [1.29, 1.82) is 0 Å². The first-order valence-electron chi connectivity index (χ1n) is 12.5. The Balaban J connectivity index is 1.24. The van der Waals surface area contributed by atoms with Gasteiger partial charge in [0.15, 0.2) is 0 Å². The molecule has 0 spiro atoms. The normalized spacial score (nSPS) is 20.6. The van der Waals surface area contributed by atoms with E-state index in [0.29, 0.717) is 28.8 Å². The van der Waals surface area contributed by atoms with Crippen molar-refractivity contribution in [3.8, 4) is 11.3 Å². The molecule has 0 unspecified atom stereocenters. The number of hydrogen-bond donors (Lipinski definition) is 3. The van der Waals surface area contributed by atoms with Crippen LogP contribution in [0.2, 0.25) is 0 Å². The van der Waals surface area contributed by atoms with Crippen LogP contribution in [0, 0.1) is 11.6 Å². The topological polar surface area (TPSA) is 79.1 Å². The monoisotopic (exact) mass is 478 g/mol. The first-order chi connectivity index (χ1) is 17.0. The van der Waals surface area contributed by atoms with Crippen molar-refractivity contribution in [2.75, 3.05) is 29.5 Å². The Morgan fingerprint density at radius 3 is 2.43 bits per heavy atom. The van der Waals surface area contributed by atoms with E-state index in [-0.39, 0.29) is 6.54 Å². The minimum Gasteiger partial charge on any atom is -0.397 e. The number of nitrogen functional groups attached to an aromatic ring is 1. The predicted molar refractivity (Wildman–Crippen MR) is 136 cm³/mol. The van der Waals surface area contributed by atoms with E-state index >= 15 is 0 Å². The van der Waals surface area contributed by atoms with Gasteiger partial charge in [0.25, 0.3) is 0 Å². The fourth-order valence-electron chi connectivity index (χ4n) is 5.26. The third-order valence-corrected chi connectivity index (χ3v) is 7.06. The largest absolute Gasteiger partial charge is 0.397 e. The SMILES string of the molecule is Nc1cnc(NC2CCC(N3CCCC3)CC2)cc1-c1cccc(NCc2cc(F)cc(F)c2)n1. The van der Waals surface area contributed by atoms with Crippen LogP contribution in [0.4, 0.5) is 26.1 Å². The number of anilines is 3. The van der Waals surface area contributed by atoms with E-state index in [1.165, 1.54) is 50.9 Å². The van der Waals surface area contributed by atoms with E-state index < -0.39 is 11.6 Å². The van der Waals surface area contributed by atoms with Crippen LogP contribution in [0.5, 0.6) is 0 Å². The van der Waals surface area contributed by atoms with Crippen molar-refractivity contribution in [3.63, 3.8) is 0 Å². The summed E-state index contributed by atoms with van der Waals surface area (Å²) in [6.45, 7) is 2.77. The lowest BCUT2D eigenvalue weighted by Crippen LogP contribution is -2.38. The van der Waals surface area contributed by atoms with Gasteiger partial charge in [0.1, 0.15) is 23.3 Å². The van der Waals surface area contributed by atoms with Crippen molar-refractivity contribution in [1.82, 2.24) is 14.9 Å². The molecule has 1 saturated carbocycles. The van der Waals surface area contributed by atoms with E-state index in [4.69, 9.17) is 5.73 Å². The smallest absolute Gasteiger partial charge is 0.126 e. The van der Waals surface area contributed by atoms with Crippen molar-refractivity contribution in [2.24, 2.45) is 0 Å². The van der Waals surface area contributed by atoms with Crippen molar-refractivity contribution in [2.45, 2.75) is 57.2 Å². The van der Waals surface area contributed by atoms with Gasteiger partial charge in [0.05, 0.1) is 17.6 Å². The van der Waals surface area contributed by atoms with E-state index in [2.05, 4.69) is 25.5 Å². The molecule has 184 valence electrons. The Bertz CT molecular complexity index is 1140. The fourth-order valence-corrected chi connectivity index (χ4v) is 5.26. The molecule has 1 aromatic carbocycles. The summed E-state index contributed by atoms with van der Waals surface area (Å²) in [6.07, 6.45) is 9.08. The molecule has 8 heteroatoms. The summed E-state index contributed by atoms with van der Waals surface area (Å²) in [7, 11) is 0. The highest BCUT2D eigenvalue weighted by Gasteiger charge is 2.27. The summed E-state index contributed by atoms with van der Waals surface area (Å²) in [5.74, 6) is 0.197. The lowest BCUT2D eigenvalue weighted by Gasteiger charge is -2.35. The third-order valence-electron chi connectivity index (χ3n) is 7.06. The lowest BCUT2D eigenvalue weighted by atomic mass is 9.90. The molecule has 1 saturated heterocycles. The molecule has 6 nitrogen and oxygen atoms in total. The van der Waals surface area contributed by atoms with E-state index in [1.54, 1.807) is 6.20 Å². The highest BCUT2D eigenvalue weighted by atomic mass is 19.1. The highest BCUT2D eigenvalue weighted by Crippen LogP contribution is 2.30. The summed E-state index contributed by atoms with van der Waals surface area (Å²) in [5.41, 5.74) is 8.81. The molecule has 0 amide bonds. The second kappa shape index (κ2) is 10.6. The number of benzene rings is 1. The van der Waals surface area contributed by atoms with Crippen LogP contribution in [0.3, 0.4) is 0 Å². The van der Waals surface area contributed by atoms with Crippen LogP contribution < -0.4 is 16.4 Å². The average molecular weight is 479 g/mol. The van der Waals surface area contributed by atoms with Crippen LogP contribution in [-0.2, 0) is 6.54 Å². The Labute approximate surface area is 205 Å². The van der Waals surface area contributed by atoms with Gasteiger partial charge >= 0.3 is 0 Å². The Hall–Kier alpha value is -3.26. The Morgan fingerprint density at radius 2 is 1.69 bits per heavy atom. The average Bonchev–Trinajstić information content (AvgIpc) is 3.39. The molecular formula is C27H32F2N6. The minimum absolute atomic E-state index is 0.254. The lowest BCUT2D eigenvalue weighted by molar-refractivity contribution is 0.186. The number of nitrogens with zero attached hydrogens (tertiary/aromatic N) is 3. The number of nitrogens with one attached hydrogen (secondary N) is 2. The number of halogens is 2. The molecule has 2 fully saturated rings. The molecule has 35 heavy (non-hydrogen) atoms. The molecule has 5 rings (SSSR count). The zero-order chi connectivity index (χ0) is 24.2. The number of rotatable bonds is 7. The number of likely N-dealkylation sites (tertiary alicyclic amines) is 1. The van der Waals surface area contributed by atoms with Crippen molar-refractivity contribution in [3.05, 3.63) is 65.9 Å².